The SMILES string of the molecule is CC/C=C\C/C=C\C/C=C\C/C=C\CCCCC(=O)OC(/C=C\C/C=C\C/C=C\C/C=C\CC)CCCCCC(=O)O. The molecule has 0 fully saturated rings. The highest BCUT2D eigenvalue weighted by atomic mass is 16.5. The second-order valence-corrected chi connectivity index (χ2v) is 10.2. The maximum atomic E-state index is 12.5. The van der Waals surface area contributed by atoms with Crippen LogP contribution in [0.15, 0.2) is 97.2 Å². The van der Waals surface area contributed by atoms with E-state index in [0.717, 1.165) is 89.9 Å². The molecule has 0 radical (unpaired) electrons. The average molecular weight is 579 g/mol. The van der Waals surface area contributed by atoms with Gasteiger partial charge in [-0.3, -0.25) is 9.59 Å². The lowest BCUT2D eigenvalue weighted by atomic mass is 10.1. The summed E-state index contributed by atoms with van der Waals surface area (Å²) in [5.74, 6) is -0.916. The molecule has 0 rings (SSSR count). The first-order valence-electron chi connectivity index (χ1n) is 16.2. The summed E-state index contributed by atoms with van der Waals surface area (Å²) in [6.07, 6.45) is 48.5. The van der Waals surface area contributed by atoms with Gasteiger partial charge in [-0.25, -0.2) is 0 Å². The summed E-state index contributed by atoms with van der Waals surface area (Å²) in [5, 5.41) is 8.84. The standard InChI is InChI=1S/C38H58O4/c1-3-5-7-9-11-13-15-16-17-18-20-22-24-26-31-35-38(41)42-36(33-29-27-30-34-37(39)40)32-28-25-23-21-19-14-12-10-8-6-4-2/h5-8,11-14,16-17,20-23,28,32,36H,3-4,9-10,15,18-19,24-27,29-31,33-35H2,1-2H3,(H,39,40)/b7-5-,8-6-,13-11-,14-12-,17-16-,22-20-,23-21-,32-28-. The third-order valence-corrected chi connectivity index (χ3v) is 6.29. The minimum atomic E-state index is -0.762. The van der Waals surface area contributed by atoms with E-state index >= 15 is 0 Å². The van der Waals surface area contributed by atoms with Gasteiger partial charge in [0.05, 0.1) is 0 Å². The topological polar surface area (TPSA) is 63.6 Å². The highest BCUT2D eigenvalue weighted by Gasteiger charge is 2.11. The lowest BCUT2D eigenvalue weighted by molar-refractivity contribution is -0.147. The summed E-state index contributed by atoms with van der Waals surface area (Å²) in [5.41, 5.74) is 0. The van der Waals surface area contributed by atoms with E-state index in [9.17, 15) is 9.59 Å². The molecule has 0 aromatic carbocycles. The number of esters is 1. The molecular formula is C38H58O4. The molecule has 234 valence electrons. The largest absolute Gasteiger partial charge is 0.481 e. The van der Waals surface area contributed by atoms with Crippen LogP contribution in [0.2, 0.25) is 0 Å². The van der Waals surface area contributed by atoms with Crippen LogP contribution < -0.4 is 0 Å². The Morgan fingerprint density at radius 2 is 1.00 bits per heavy atom. The van der Waals surface area contributed by atoms with Crippen LogP contribution in [0.25, 0.3) is 0 Å². The van der Waals surface area contributed by atoms with E-state index in [4.69, 9.17) is 9.84 Å². The van der Waals surface area contributed by atoms with Gasteiger partial charge in [-0.2, -0.15) is 0 Å². The molecule has 1 unspecified atom stereocenters. The van der Waals surface area contributed by atoms with Crippen molar-refractivity contribution in [3.63, 3.8) is 0 Å². The van der Waals surface area contributed by atoms with Crippen molar-refractivity contribution in [2.45, 2.75) is 129 Å². The number of ether oxygens (including phenoxy) is 1. The van der Waals surface area contributed by atoms with Crippen LogP contribution in [-0.4, -0.2) is 23.1 Å². The van der Waals surface area contributed by atoms with Crippen LogP contribution in [0.1, 0.15) is 123 Å². The normalized spacial score (nSPS) is 13.6. The molecule has 0 spiro atoms. The van der Waals surface area contributed by atoms with Gasteiger partial charge in [-0.1, -0.05) is 111 Å². The number of allylic oxidation sites excluding steroid dienone is 15. The molecule has 42 heavy (non-hydrogen) atoms. The lowest BCUT2D eigenvalue weighted by Gasteiger charge is -2.14. The summed E-state index contributed by atoms with van der Waals surface area (Å²) in [6.45, 7) is 4.28. The van der Waals surface area contributed by atoms with Crippen molar-refractivity contribution < 1.29 is 19.4 Å². The molecule has 1 N–H and O–H groups in total. The number of carbonyl (C=O) groups excluding carboxylic acids is 1. The fraction of sp³-hybridized carbons (Fsp3) is 0.526. The number of hydrogen-bond donors (Lipinski definition) is 1. The molecule has 0 heterocycles. The number of unbranched alkanes of at least 4 members (excludes halogenated alkanes) is 4. The zero-order valence-electron chi connectivity index (χ0n) is 26.5. The highest BCUT2D eigenvalue weighted by Crippen LogP contribution is 2.13. The predicted octanol–water partition coefficient (Wildman–Crippen LogP) is 11.1. The Kier molecular flexibility index (Phi) is 30.0. The molecule has 1 atom stereocenters. The number of hydrogen-bond acceptors (Lipinski definition) is 3. The van der Waals surface area contributed by atoms with E-state index in [1.54, 1.807) is 0 Å². The van der Waals surface area contributed by atoms with Crippen LogP contribution in [0.3, 0.4) is 0 Å². The molecule has 0 saturated carbocycles. The Labute approximate surface area is 257 Å². The van der Waals surface area contributed by atoms with Crippen molar-refractivity contribution in [3.05, 3.63) is 97.2 Å². The second kappa shape index (κ2) is 32.4. The van der Waals surface area contributed by atoms with Gasteiger partial charge < -0.3 is 9.84 Å². The quantitative estimate of drug-likeness (QED) is 0.0598. The maximum Gasteiger partial charge on any atom is 0.306 e. The van der Waals surface area contributed by atoms with Crippen molar-refractivity contribution in [1.29, 1.82) is 0 Å². The Morgan fingerprint density at radius 1 is 0.548 bits per heavy atom. The molecule has 0 aromatic heterocycles. The minimum Gasteiger partial charge on any atom is -0.481 e. The van der Waals surface area contributed by atoms with Gasteiger partial charge in [0, 0.05) is 12.8 Å². The third-order valence-electron chi connectivity index (χ3n) is 6.29. The van der Waals surface area contributed by atoms with Crippen molar-refractivity contribution in [2.24, 2.45) is 0 Å². The zero-order chi connectivity index (χ0) is 30.8. The summed E-state index contributed by atoms with van der Waals surface area (Å²) in [7, 11) is 0. The molecule has 0 aliphatic heterocycles. The first-order valence-corrected chi connectivity index (χ1v) is 16.2. The fourth-order valence-electron chi connectivity index (χ4n) is 3.96. The summed E-state index contributed by atoms with van der Waals surface area (Å²) >= 11 is 0. The van der Waals surface area contributed by atoms with Gasteiger partial charge in [0.1, 0.15) is 6.10 Å². The average Bonchev–Trinajstić information content (AvgIpc) is 2.97. The summed E-state index contributed by atoms with van der Waals surface area (Å²) in [6, 6.07) is 0. The van der Waals surface area contributed by atoms with Gasteiger partial charge in [0.2, 0.25) is 0 Å². The van der Waals surface area contributed by atoms with Gasteiger partial charge in [-0.15, -0.1) is 0 Å². The third kappa shape index (κ3) is 31.4. The van der Waals surface area contributed by atoms with Gasteiger partial charge in [0.25, 0.3) is 0 Å². The van der Waals surface area contributed by atoms with E-state index in [0.29, 0.717) is 12.8 Å². The molecule has 4 heteroatoms. The van der Waals surface area contributed by atoms with Crippen molar-refractivity contribution >= 4 is 11.9 Å². The van der Waals surface area contributed by atoms with E-state index in [1.807, 2.05) is 6.08 Å². The highest BCUT2D eigenvalue weighted by molar-refractivity contribution is 5.69. The van der Waals surface area contributed by atoms with Crippen LogP contribution in [-0.2, 0) is 14.3 Å². The second-order valence-electron chi connectivity index (χ2n) is 10.2. The number of carboxylic acid groups (broad SMARTS) is 1. The smallest absolute Gasteiger partial charge is 0.306 e. The molecule has 0 bridgehead atoms. The summed E-state index contributed by atoms with van der Waals surface area (Å²) in [4.78, 5) is 23.2. The first-order chi connectivity index (χ1) is 20.6. The van der Waals surface area contributed by atoms with Gasteiger partial charge in [0.15, 0.2) is 0 Å². The molecule has 0 aromatic rings. The van der Waals surface area contributed by atoms with Crippen LogP contribution in [0, 0.1) is 0 Å². The number of carboxylic acids is 1. The van der Waals surface area contributed by atoms with E-state index in [1.165, 1.54) is 0 Å². The molecule has 0 aliphatic rings. The van der Waals surface area contributed by atoms with Crippen molar-refractivity contribution in [2.75, 3.05) is 0 Å². The maximum absolute atomic E-state index is 12.5. The van der Waals surface area contributed by atoms with Crippen LogP contribution in [0.4, 0.5) is 0 Å². The van der Waals surface area contributed by atoms with Crippen molar-refractivity contribution in [1.82, 2.24) is 0 Å². The Balaban J connectivity index is 4.30. The lowest BCUT2D eigenvalue weighted by Crippen LogP contribution is -2.16. The number of aliphatic carboxylic acids is 1. The molecule has 0 saturated heterocycles. The summed E-state index contributed by atoms with van der Waals surface area (Å²) < 4.78 is 5.77. The van der Waals surface area contributed by atoms with Gasteiger partial charge in [-0.05, 0) is 96.0 Å². The number of rotatable bonds is 27. The first kappa shape index (κ1) is 38.9. The Morgan fingerprint density at radius 3 is 1.50 bits per heavy atom. The predicted molar refractivity (Wildman–Crippen MR) is 180 cm³/mol. The monoisotopic (exact) mass is 578 g/mol. The molecule has 0 aliphatic carbocycles. The number of carbonyl (C=O) groups is 2. The Hall–Kier alpha value is -3.14. The van der Waals surface area contributed by atoms with E-state index < -0.39 is 5.97 Å². The molecular weight excluding hydrogens is 520 g/mol. The van der Waals surface area contributed by atoms with Crippen LogP contribution >= 0.6 is 0 Å². The van der Waals surface area contributed by atoms with E-state index in [-0.39, 0.29) is 18.5 Å². The van der Waals surface area contributed by atoms with Crippen molar-refractivity contribution in [3.8, 4) is 0 Å². The molecule has 0 amide bonds. The molecule has 4 nitrogen and oxygen atoms in total. The zero-order valence-corrected chi connectivity index (χ0v) is 26.5. The van der Waals surface area contributed by atoms with Gasteiger partial charge >= 0.3 is 11.9 Å². The Bertz CT molecular complexity index is 883. The van der Waals surface area contributed by atoms with Crippen LogP contribution in [0.5, 0.6) is 0 Å². The fourth-order valence-corrected chi connectivity index (χ4v) is 3.96. The minimum absolute atomic E-state index is 0.154. The van der Waals surface area contributed by atoms with E-state index in [2.05, 4.69) is 105 Å².